The SMILES string of the molecule is CC(C)(C)OC(=O)NC(Cc1ccn(C2CCCCO2)n1)C(=O)O. The van der Waals surface area contributed by atoms with Gasteiger partial charge in [-0.1, -0.05) is 0 Å². The quantitative estimate of drug-likeness (QED) is 0.851. The first-order chi connectivity index (χ1) is 11.2. The maximum absolute atomic E-state index is 11.8. The Morgan fingerprint density at radius 2 is 2.25 bits per heavy atom. The van der Waals surface area contributed by atoms with Crippen LogP contribution in [0, 0.1) is 0 Å². The van der Waals surface area contributed by atoms with Gasteiger partial charge >= 0.3 is 12.1 Å². The zero-order valence-corrected chi connectivity index (χ0v) is 14.3. The molecular formula is C16H25N3O5. The van der Waals surface area contributed by atoms with Crippen LogP contribution in [0.2, 0.25) is 0 Å². The van der Waals surface area contributed by atoms with Gasteiger partial charge in [0.1, 0.15) is 17.9 Å². The molecule has 2 rings (SSSR count). The van der Waals surface area contributed by atoms with Crippen LogP contribution in [0.1, 0.15) is 52.0 Å². The van der Waals surface area contributed by atoms with Gasteiger partial charge in [-0.3, -0.25) is 0 Å². The fraction of sp³-hybridized carbons (Fsp3) is 0.688. The Kier molecular flexibility index (Phi) is 5.82. The van der Waals surface area contributed by atoms with Gasteiger partial charge in [-0.2, -0.15) is 5.10 Å². The highest BCUT2D eigenvalue weighted by molar-refractivity contribution is 5.80. The average Bonchev–Trinajstić information content (AvgIpc) is 2.94. The Balaban J connectivity index is 1.96. The number of carbonyl (C=O) groups is 2. The number of amides is 1. The maximum Gasteiger partial charge on any atom is 0.408 e. The van der Waals surface area contributed by atoms with Gasteiger partial charge in [-0.15, -0.1) is 0 Å². The minimum atomic E-state index is -1.13. The van der Waals surface area contributed by atoms with Crippen LogP contribution in [0.4, 0.5) is 4.79 Å². The standard InChI is InChI=1S/C16H25N3O5/c1-16(2,3)24-15(22)17-12(14(20)21)10-11-7-8-19(18-11)13-6-4-5-9-23-13/h7-8,12-13H,4-6,9-10H2,1-3H3,(H,17,22)(H,20,21). The van der Waals surface area contributed by atoms with Crippen molar-refractivity contribution in [2.45, 2.75) is 64.3 Å². The summed E-state index contributed by atoms with van der Waals surface area (Å²) in [6.07, 6.45) is 4.01. The van der Waals surface area contributed by atoms with Crippen LogP contribution >= 0.6 is 0 Å². The molecule has 1 saturated heterocycles. The van der Waals surface area contributed by atoms with Crippen LogP contribution in [0.5, 0.6) is 0 Å². The summed E-state index contributed by atoms with van der Waals surface area (Å²) in [4.78, 5) is 23.2. The van der Waals surface area contributed by atoms with Crippen molar-refractivity contribution in [1.29, 1.82) is 0 Å². The van der Waals surface area contributed by atoms with E-state index in [-0.39, 0.29) is 12.6 Å². The molecule has 0 bridgehead atoms. The second-order valence-corrected chi connectivity index (χ2v) is 6.85. The molecule has 0 aromatic carbocycles. The van der Waals surface area contributed by atoms with E-state index in [9.17, 15) is 14.7 Å². The van der Waals surface area contributed by atoms with E-state index in [0.29, 0.717) is 12.3 Å². The van der Waals surface area contributed by atoms with E-state index in [0.717, 1.165) is 19.3 Å². The van der Waals surface area contributed by atoms with E-state index in [2.05, 4.69) is 10.4 Å². The summed E-state index contributed by atoms with van der Waals surface area (Å²) < 4.78 is 12.5. The molecule has 2 N–H and O–H groups in total. The fourth-order valence-electron chi connectivity index (χ4n) is 2.44. The van der Waals surface area contributed by atoms with Crippen LogP contribution < -0.4 is 5.32 Å². The first kappa shape index (κ1) is 18.3. The smallest absolute Gasteiger partial charge is 0.408 e. The number of hydrogen-bond donors (Lipinski definition) is 2. The molecule has 0 radical (unpaired) electrons. The highest BCUT2D eigenvalue weighted by Gasteiger charge is 2.25. The van der Waals surface area contributed by atoms with Crippen LogP contribution in [0.3, 0.4) is 0 Å². The Hall–Kier alpha value is -2.09. The van der Waals surface area contributed by atoms with Crippen molar-refractivity contribution in [3.05, 3.63) is 18.0 Å². The van der Waals surface area contributed by atoms with Crippen LogP contribution in [0.15, 0.2) is 12.3 Å². The van der Waals surface area contributed by atoms with Crippen molar-refractivity contribution in [2.24, 2.45) is 0 Å². The lowest BCUT2D eigenvalue weighted by Crippen LogP contribution is -2.44. The number of aliphatic carboxylic acids is 1. The Morgan fingerprint density at radius 3 is 2.83 bits per heavy atom. The molecule has 2 atom stereocenters. The third kappa shape index (κ3) is 5.52. The molecule has 24 heavy (non-hydrogen) atoms. The molecule has 8 heteroatoms. The van der Waals surface area contributed by atoms with Gasteiger partial charge < -0.3 is 19.9 Å². The Bertz CT molecular complexity index is 573. The predicted molar refractivity (Wildman–Crippen MR) is 85.6 cm³/mol. The molecule has 1 aromatic rings. The number of carboxylic acids is 1. The molecule has 8 nitrogen and oxygen atoms in total. The second kappa shape index (κ2) is 7.65. The van der Waals surface area contributed by atoms with E-state index in [1.165, 1.54) is 0 Å². The van der Waals surface area contributed by atoms with Crippen molar-refractivity contribution in [3.63, 3.8) is 0 Å². The summed E-state index contributed by atoms with van der Waals surface area (Å²) in [5, 5.41) is 16.1. The Labute approximate surface area is 141 Å². The molecule has 2 unspecified atom stereocenters. The third-order valence-corrected chi connectivity index (χ3v) is 3.52. The molecule has 0 aliphatic carbocycles. The number of alkyl carbamates (subject to hydrolysis) is 1. The lowest BCUT2D eigenvalue weighted by atomic mass is 10.1. The van der Waals surface area contributed by atoms with Crippen LogP contribution in [-0.2, 0) is 20.7 Å². The van der Waals surface area contributed by atoms with Crippen molar-refractivity contribution in [3.8, 4) is 0 Å². The lowest BCUT2D eigenvalue weighted by molar-refractivity contribution is -0.139. The predicted octanol–water partition coefficient (Wildman–Crippen LogP) is 2.10. The number of aromatic nitrogens is 2. The van der Waals surface area contributed by atoms with Gasteiger partial charge in [0.25, 0.3) is 0 Å². The molecule has 1 aliphatic rings. The largest absolute Gasteiger partial charge is 0.480 e. The van der Waals surface area contributed by atoms with E-state index in [1.54, 1.807) is 37.7 Å². The van der Waals surface area contributed by atoms with Crippen molar-refractivity contribution >= 4 is 12.1 Å². The molecule has 2 heterocycles. The first-order valence-electron chi connectivity index (χ1n) is 8.12. The number of carbonyl (C=O) groups excluding carboxylic acids is 1. The van der Waals surface area contributed by atoms with Crippen molar-refractivity contribution in [1.82, 2.24) is 15.1 Å². The van der Waals surface area contributed by atoms with E-state index >= 15 is 0 Å². The van der Waals surface area contributed by atoms with Crippen molar-refractivity contribution in [2.75, 3.05) is 6.61 Å². The average molecular weight is 339 g/mol. The van der Waals surface area contributed by atoms with Gasteiger partial charge in [0.15, 0.2) is 0 Å². The normalized spacial score (nSPS) is 19.5. The first-order valence-corrected chi connectivity index (χ1v) is 8.12. The van der Waals surface area contributed by atoms with Gasteiger partial charge in [0, 0.05) is 19.2 Å². The molecule has 1 fully saturated rings. The fourth-order valence-corrected chi connectivity index (χ4v) is 2.44. The van der Waals surface area contributed by atoms with Gasteiger partial charge in [0.05, 0.1) is 5.69 Å². The Morgan fingerprint density at radius 1 is 1.50 bits per heavy atom. The van der Waals surface area contributed by atoms with E-state index in [1.807, 2.05) is 0 Å². The van der Waals surface area contributed by atoms with Crippen LogP contribution in [-0.4, -0.2) is 45.2 Å². The molecule has 0 spiro atoms. The van der Waals surface area contributed by atoms with Crippen molar-refractivity contribution < 1.29 is 24.2 Å². The third-order valence-electron chi connectivity index (χ3n) is 3.52. The summed E-state index contributed by atoms with van der Waals surface area (Å²) in [7, 11) is 0. The molecule has 0 saturated carbocycles. The maximum atomic E-state index is 11.8. The lowest BCUT2D eigenvalue weighted by Gasteiger charge is -2.23. The monoisotopic (exact) mass is 339 g/mol. The summed E-state index contributed by atoms with van der Waals surface area (Å²) >= 11 is 0. The summed E-state index contributed by atoms with van der Waals surface area (Å²) in [5.74, 6) is -1.13. The molecule has 1 aromatic heterocycles. The van der Waals surface area contributed by atoms with E-state index < -0.39 is 23.7 Å². The number of ether oxygens (including phenoxy) is 2. The summed E-state index contributed by atoms with van der Waals surface area (Å²) in [6.45, 7) is 5.86. The molecule has 1 aliphatic heterocycles. The molecule has 134 valence electrons. The highest BCUT2D eigenvalue weighted by Crippen LogP contribution is 2.21. The number of hydrogen-bond acceptors (Lipinski definition) is 5. The number of nitrogens with zero attached hydrogens (tertiary/aromatic N) is 2. The molecular weight excluding hydrogens is 314 g/mol. The zero-order valence-electron chi connectivity index (χ0n) is 14.3. The number of nitrogens with one attached hydrogen (secondary N) is 1. The van der Waals surface area contributed by atoms with Gasteiger partial charge in [-0.25, -0.2) is 14.3 Å². The van der Waals surface area contributed by atoms with Crippen LogP contribution in [0.25, 0.3) is 0 Å². The van der Waals surface area contributed by atoms with Gasteiger partial charge in [0.2, 0.25) is 0 Å². The minimum absolute atomic E-state index is 0.0777. The summed E-state index contributed by atoms with van der Waals surface area (Å²) in [6, 6.07) is 0.639. The highest BCUT2D eigenvalue weighted by atomic mass is 16.6. The summed E-state index contributed by atoms with van der Waals surface area (Å²) in [5.41, 5.74) is -0.111. The minimum Gasteiger partial charge on any atom is -0.480 e. The van der Waals surface area contributed by atoms with E-state index in [4.69, 9.17) is 9.47 Å². The van der Waals surface area contributed by atoms with Gasteiger partial charge in [-0.05, 0) is 46.1 Å². The zero-order chi connectivity index (χ0) is 17.7. The molecule has 1 amide bonds. The number of carboxylic acid groups (broad SMARTS) is 1. The number of rotatable bonds is 5. The topological polar surface area (TPSA) is 103 Å². The second-order valence-electron chi connectivity index (χ2n) is 6.85.